The number of hydrogen-bond acceptors (Lipinski definition) is 3. The SMILES string of the molecule is CCc1cccc(N2CCN(CCC3CCC(NC(=O)C4CC=CC4)CC3)CC2)c1. The summed E-state index contributed by atoms with van der Waals surface area (Å²) in [6.07, 6.45) is 13.4. The molecule has 1 aliphatic heterocycles. The summed E-state index contributed by atoms with van der Waals surface area (Å²) in [5.41, 5.74) is 2.82. The van der Waals surface area contributed by atoms with Crippen molar-refractivity contribution in [1.29, 1.82) is 0 Å². The highest BCUT2D eigenvalue weighted by molar-refractivity contribution is 5.79. The molecule has 2 aliphatic carbocycles. The summed E-state index contributed by atoms with van der Waals surface area (Å²) in [6, 6.07) is 9.46. The van der Waals surface area contributed by atoms with Crippen LogP contribution < -0.4 is 10.2 Å². The zero-order valence-electron chi connectivity index (χ0n) is 18.7. The van der Waals surface area contributed by atoms with Crippen LogP contribution in [-0.4, -0.2) is 49.6 Å². The molecule has 1 heterocycles. The first-order valence-corrected chi connectivity index (χ1v) is 12.2. The number of piperazine rings is 1. The zero-order chi connectivity index (χ0) is 20.8. The van der Waals surface area contributed by atoms with Crippen molar-refractivity contribution in [1.82, 2.24) is 10.2 Å². The summed E-state index contributed by atoms with van der Waals surface area (Å²) in [7, 11) is 0. The minimum atomic E-state index is 0.200. The lowest BCUT2D eigenvalue weighted by molar-refractivity contribution is -0.125. The van der Waals surface area contributed by atoms with Gasteiger partial charge in [-0.2, -0.15) is 0 Å². The first kappa shape index (κ1) is 21.4. The maximum Gasteiger partial charge on any atom is 0.223 e. The van der Waals surface area contributed by atoms with Gasteiger partial charge < -0.3 is 10.2 Å². The fraction of sp³-hybridized carbons (Fsp3) is 0.654. The van der Waals surface area contributed by atoms with E-state index in [9.17, 15) is 4.79 Å². The van der Waals surface area contributed by atoms with Gasteiger partial charge in [-0.05, 0) is 81.5 Å². The van der Waals surface area contributed by atoms with Crippen LogP contribution in [0.2, 0.25) is 0 Å². The van der Waals surface area contributed by atoms with Gasteiger partial charge in [-0.15, -0.1) is 0 Å². The summed E-state index contributed by atoms with van der Waals surface area (Å²) in [4.78, 5) is 17.5. The Bertz CT molecular complexity index is 707. The number of amides is 1. The summed E-state index contributed by atoms with van der Waals surface area (Å²) in [5.74, 6) is 1.32. The Hall–Kier alpha value is -1.81. The van der Waals surface area contributed by atoms with Crippen LogP contribution in [0.5, 0.6) is 0 Å². The molecule has 1 saturated carbocycles. The molecular formula is C26H39N3O. The van der Waals surface area contributed by atoms with Crippen LogP contribution in [0.4, 0.5) is 5.69 Å². The monoisotopic (exact) mass is 409 g/mol. The number of nitrogens with one attached hydrogen (secondary N) is 1. The van der Waals surface area contributed by atoms with Crippen molar-refractivity contribution < 1.29 is 4.79 Å². The van der Waals surface area contributed by atoms with Crippen LogP contribution in [0.3, 0.4) is 0 Å². The van der Waals surface area contributed by atoms with Gasteiger partial charge in [0.1, 0.15) is 0 Å². The van der Waals surface area contributed by atoms with Crippen LogP contribution in [0.1, 0.15) is 57.4 Å². The van der Waals surface area contributed by atoms with E-state index in [-0.39, 0.29) is 11.8 Å². The fourth-order valence-electron chi connectivity index (χ4n) is 5.31. The Morgan fingerprint density at radius 1 is 1.03 bits per heavy atom. The third-order valence-corrected chi connectivity index (χ3v) is 7.48. The highest BCUT2D eigenvalue weighted by atomic mass is 16.1. The van der Waals surface area contributed by atoms with E-state index in [0.29, 0.717) is 6.04 Å². The average molecular weight is 410 g/mol. The molecule has 0 bridgehead atoms. The van der Waals surface area contributed by atoms with E-state index in [1.54, 1.807) is 0 Å². The number of nitrogens with zero attached hydrogens (tertiary/aromatic N) is 2. The second-order valence-electron chi connectivity index (χ2n) is 9.51. The van der Waals surface area contributed by atoms with E-state index in [2.05, 4.69) is 58.5 Å². The molecule has 1 saturated heterocycles. The van der Waals surface area contributed by atoms with Gasteiger partial charge in [-0.1, -0.05) is 31.2 Å². The molecule has 0 spiro atoms. The Morgan fingerprint density at radius 3 is 2.47 bits per heavy atom. The third kappa shape index (κ3) is 5.66. The molecule has 2 fully saturated rings. The van der Waals surface area contributed by atoms with Gasteiger partial charge in [0.05, 0.1) is 0 Å². The topological polar surface area (TPSA) is 35.6 Å². The Kier molecular flexibility index (Phi) is 7.48. The van der Waals surface area contributed by atoms with Gasteiger partial charge in [0.15, 0.2) is 0 Å². The molecule has 3 aliphatic rings. The summed E-state index contributed by atoms with van der Waals surface area (Å²) >= 11 is 0. The van der Waals surface area contributed by atoms with Gasteiger partial charge in [-0.3, -0.25) is 9.69 Å². The summed E-state index contributed by atoms with van der Waals surface area (Å²) < 4.78 is 0. The van der Waals surface area contributed by atoms with Crippen LogP contribution in [0.15, 0.2) is 36.4 Å². The second-order valence-corrected chi connectivity index (χ2v) is 9.51. The summed E-state index contributed by atoms with van der Waals surface area (Å²) in [6.45, 7) is 8.10. The van der Waals surface area contributed by atoms with Crippen LogP contribution in [0, 0.1) is 11.8 Å². The fourth-order valence-corrected chi connectivity index (χ4v) is 5.31. The van der Waals surface area contributed by atoms with Crippen molar-refractivity contribution in [2.24, 2.45) is 11.8 Å². The molecule has 4 heteroatoms. The van der Waals surface area contributed by atoms with Crippen molar-refractivity contribution in [2.75, 3.05) is 37.6 Å². The minimum absolute atomic E-state index is 0.200. The number of carbonyl (C=O) groups is 1. The van der Waals surface area contributed by atoms with E-state index in [1.165, 1.54) is 50.1 Å². The number of rotatable bonds is 7. The van der Waals surface area contributed by atoms with Gasteiger partial charge in [0.25, 0.3) is 0 Å². The Labute approximate surface area is 182 Å². The van der Waals surface area contributed by atoms with E-state index in [0.717, 1.165) is 51.1 Å². The number of hydrogen-bond donors (Lipinski definition) is 1. The van der Waals surface area contributed by atoms with E-state index in [1.807, 2.05) is 0 Å². The highest BCUT2D eigenvalue weighted by Gasteiger charge is 2.26. The molecule has 4 rings (SSSR count). The van der Waals surface area contributed by atoms with Crippen LogP contribution >= 0.6 is 0 Å². The molecule has 30 heavy (non-hydrogen) atoms. The maximum atomic E-state index is 12.3. The molecule has 4 nitrogen and oxygen atoms in total. The molecule has 0 atom stereocenters. The van der Waals surface area contributed by atoms with Crippen molar-refractivity contribution in [3.63, 3.8) is 0 Å². The Balaban J connectivity index is 1.12. The smallest absolute Gasteiger partial charge is 0.223 e. The number of allylic oxidation sites excluding steroid dienone is 2. The molecule has 1 aromatic rings. The standard InChI is InChI=1S/C26H39N3O/c1-2-21-6-5-9-25(20-21)29-18-16-28(17-19-29)15-14-22-10-12-24(13-11-22)27-26(30)23-7-3-4-8-23/h3-6,9,20,22-24H,2,7-8,10-19H2,1H3,(H,27,30). The molecule has 0 aromatic heterocycles. The van der Waals surface area contributed by atoms with E-state index >= 15 is 0 Å². The van der Waals surface area contributed by atoms with Crippen molar-refractivity contribution in [3.8, 4) is 0 Å². The van der Waals surface area contributed by atoms with Crippen LogP contribution in [-0.2, 0) is 11.2 Å². The van der Waals surface area contributed by atoms with Gasteiger partial charge >= 0.3 is 0 Å². The minimum Gasteiger partial charge on any atom is -0.369 e. The molecule has 1 amide bonds. The Morgan fingerprint density at radius 2 is 1.77 bits per heavy atom. The molecule has 0 radical (unpaired) electrons. The van der Waals surface area contributed by atoms with Crippen molar-refractivity contribution in [3.05, 3.63) is 42.0 Å². The van der Waals surface area contributed by atoms with Crippen LogP contribution in [0.25, 0.3) is 0 Å². The number of anilines is 1. The first-order valence-electron chi connectivity index (χ1n) is 12.2. The van der Waals surface area contributed by atoms with Crippen molar-refractivity contribution in [2.45, 2.75) is 64.3 Å². The van der Waals surface area contributed by atoms with Gasteiger partial charge in [-0.25, -0.2) is 0 Å². The summed E-state index contributed by atoms with van der Waals surface area (Å²) in [5, 5.41) is 3.32. The number of aryl methyl sites for hydroxylation is 1. The zero-order valence-corrected chi connectivity index (χ0v) is 18.7. The molecule has 0 unspecified atom stereocenters. The number of carbonyl (C=O) groups excluding carboxylic acids is 1. The molecule has 1 aromatic carbocycles. The molecule has 1 N–H and O–H groups in total. The lowest BCUT2D eigenvalue weighted by atomic mass is 9.83. The average Bonchev–Trinajstić information content (AvgIpc) is 3.34. The first-order chi connectivity index (χ1) is 14.7. The second kappa shape index (κ2) is 10.5. The third-order valence-electron chi connectivity index (χ3n) is 7.48. The van der Waals surface area contributed by atoms with Crippen molar-refractivity contribution >= 4 is 11.6 Å². The number of benzene rings is 1. The van der Waals surface area contributed by atoms with E-state index in [4.69, 9.17) is 0 Å². The maximum absolute atomic E-state index is 12.3. The van der Waals surface area contributed by atoms with Gasteiger partial charge in [0, 0.05) is 43.8 Å². The lowest BCUT2D eigenvalue weighted by Crippen LogP contribution is -2.47. The van der Waals surface area contributed by atoms with Gasteiger partial charge in [0.2, 0.25) is 5.91 Å². The molecule has 164 valence electrons. The quantitative estimate of drug-likeness (QED) is 0.678. The highest BCUT2D eigenvalue weighted by Crippen LogP contribution is 2.28. The largest absolute Gasteiger partial charge is 0.369 e. The lowest BCUT2D eigenvalue weighted by Gasteiger charge is -2.37. The molecular weight excluding hydrogens is 370 g/mol. The normalized spacial score (nSPS) is 25.6. The predicted octanol–water partition coefficient (Wildman–Crippen LogP) is 4.40. The van der Waals surface area contributed by atoms with E-state index < -0.39 is 0 Å². The predicted molar refractivity (Wildman–Crippen MR) is 125 cm³/mol.